The highest BCUT2D eigenvalue weighted by Gasteiger charge is 1.81. The van der Waals surface area contributed by atoms with Crippen LogP contribution in [0.3, 0.4) is 0 Å². The number of nitrogens with two attached hydrogens (primary N) is 1. The van der Waals surface area contributed by atoms with Gasteiger partial charge in [0.1, 0.15) is 0 Å². The van der Waals surface area contributed by atoms with Gasteiger partial charge in [-0.3, -0.25) is 4.98 Å². The average molecular weight is 370 g/mol. The predicted octanol–water partition coefficient (Wildman–Crippen LogP) is 4.76. The fourth-order valence-electron chi connectivity index (χ4n) is 0.708. The Kier molecular flexibility index (Phi) is 28.0. The van der Waals surface area contributed by atoms with E-state index >= 15 is 0 Å². The summed E-state index contributed by atoms with van der Waals surface area (Å²) in [7, 11) is 0. The molecule has 0 fully saturated rings. The van der Waals surface area contributed by atoms with Crippen molar-refractivity contribution in [3.8, 4) is 0 Å². The van der Waals surface area contributed by atoms with Gasteiger partial charge in [-0.15, -0.1) is 0 Å². The molecule has 0 bridgehead atoms. The Morgan fingerprint density at radius 3 is 1.94 bits per heavy atom. The summed E-state index contributed by atoms with van der Waals surface area (Å²) in [4.78, 5) is 3.88. The first-order chi connectivity index (χ1) is 7.85. The van der Waals surface area contributed by atoms with E-state index in [2.05, 4.69) is 36.8 Å². The first-order valence-electron chi connectivity index (χ1n) is 5.56. The first-order valence-corrected chi connectivity index (χ1v) is 7.80. The first kappa shape index (κ1) is 22.3. The molecule has 102 valence electrons. The summed E-state index contributed by atoms with van der Waals surface area (Å²) in [5.74, 6) is 0. The van der Waals surface area contributed by atoms with Crippen LogP contribution in [0.1, 0.15) is 39.7 Å². The van der Waals surface area contributed by atoms with Crippen molar-refractivity contribution in [1.82, 2.24) is 4.98 Å². The second kappa shape index (κ2) is 21.4. The van der Waals surface area contributed by atoms with Crippen molar-refractivity contribution in [3.05, 3.63) is 30.1 Å². The van der Waals surface area contributed by atoms with Crippen LogP contribution in [0.4, 0.5) is 0 Å². The van der Waals surface area contributed by atoms with E-state index in [1.165, 1.54) is 12.8 Å². The van der Waals surface area contributed by atoms with E-state index in [0.29, 0.717) is 6.54 Å². The van der Waals surface area contributed by atoms with E-state index in [-0.39, 0.29) is 7.43 Å². The predicted molar refractivity (Wildman–Crippen MR) is 87.0 cm³/mol. The highest BCUT2D eigenvalue weighted by Crippen LogP contribution is 1.95. The third kappa shape index (κ3) is 18.6. The normalized spacial score (nSPS) is 7.82. The lowest BCUT2D eigenvalue weighted by Gasteiger charge is -1.89. The summed E-state index contributed by atoms with van der Waals surface area (Å²) in [6.45, 7) is 4.58. The second-order valence-electron chi connectivity index (χ2n) is 2.65. The molecule has 1 aromatic rings. The third-order valence-corrected chi connectivity index (χ3v) is 2.60. The van der Waals surface area contributed by atoms with Crippen LogP contribution in [0.2, 0.25) is 0 Å². The lowest BCUT2D eigenvalue weighted by atomic mass is 10.3. The molecule has 0 amide bonds. The number of hydrogen-bond donors (Lipinski definition) is 1. The topological polar surface area (TPSA) is 38.9 Å². The minimum Gasteiger partial charge on any atom is -0.326 e. The van der Waals surface area contributed by atoms with Crippen LogP contribution in [0.5, 0.6) is 0 Å². The zero-order chi connectivity index (χ0) is 12.6. The summed E-state index contributed by atoms with van der Waals surface area (Å²) in [6.07, 6.45) is 6.07. The maximum Gasteiger partial charge on any atom is 0.0312 e. The molecule has 0 aromatic carbocycles. The monoisotopic (exact) mass is 368 g/mol. The summed E-state index contributed by atoms with van der Waals surface area (Å²) in [5.41, 5.74) is 6.39. The van der Waals surface area contributed by atoms with Crippen LogP contribution >= 0.6 is 31.9 Å². The Morgan fingerprint density at radius 1 is 1.18 bits per heavy atom. The largest absolute Gasteiger partial charge is 0.326 e. The number of alkyl halides is 2. The van der Waals surface area contributed by atoms with Crippen molar-refractivity contribution in [1.29, 1.82) is 0 Å². The molecule has 2 nitrogen and oxygen atoms in total. The Morgan fingerprint density at radius 2 is 1.71 bits per heavy atom. The fourth-order valence-corrected chi connectivity index (χ4v) is 1.50. The fraction of sp³-hybridized carbons (Fsp3) is 0.615. The van der Waals surface area contributed by atoms with Gasteiger partial charge < -0.3 is 5.73 Å². The molecular formula is C13H26Br2N2. The van der Waals surface area contributed by atoms with Crippen LogP contribution in [-0.2, 0) is 6.54 Å². The molecule has 0 saturated heterocycles. The van der Waals surface area contributed by atoms with E-state index in [1.54, 1.807) is 12.4 Å². The molecular weight excluding hydrogens is 344 g/mol. The zero-order valence-corrected chi connectivity index (χ0v) is 13.3. The quantitative estimate of drug-likeness (QED) is 0.613. The number of aromatic nitrogens is 1. The molecule has 17 heavy (non-hydrogen) atoms. The highest BCUT2D eigenvalue weighted by molar-refractivity contribution is 9.09. The molecule has 0 aliphatic rings. The molecule has 0 radical (unpaired) electrons. The molecule has 2 N–H and O–H groups in total. The average Bonchev–Trinajstić information content (AvgIpc) is 2.40. The van der Waals surface area contributed by atoms with Crippen molar-refractivity contribution in [3.63, 3.8) is 0 Å². The summed E-state index contributed by atoms with van der Waals surface area (Å²) in [5, 5.41) is 2.28. The zero-order valence-electron chi connectivity index (χ0n) is 10.1. The molecule has 0 aliphatic heterocycles. The molecule has 1 aromatic heterocycles. The third-order valence-electron chi connectivity index (χ3n) is 1.48. The molecule has 0 spiro atoms. The molecule has 1 heterocycles. The molecule has 0 unspecified atom stereocenters. The minimum atomic E-state index is 0. The standard InChI is InChI=1S/C6H8N2.C4H8Br2.C2H6.CH4/c7-4-6-2-1-3-8-5-6;5-3-1-2-4-6;1-2;/h1-3,5H,4,7H2;1-4H2;1-2H3;1H4. The van der Waals surface area contributed by atoms with Crippen molar-refractivity contribution >= 4 is 31.9 Å². The maximum absolute atomic E-state index is 5.31. The maximum atomic E-state index is 5.31. The summed E-state index contributed by atoms with van der Waals surface area (Å²) in [6, 6.07) is 3.83. The Bertz CT molecular complexity index is 202. The molecule has 1 rings (SSSR count). The van der Waals surface area contributed by atoms with E-state index in [0.717, 1.165) is 16.2 Å². The van der Waals surface area contributed by atoms with Crippen molar-refractivity contribution in [2.45, 2.75) is 40.7 Å². The van der Waals surface area contributed by atoms with Crippen molar-refractivity contribution in [2.24, 2.45) is 5.73 Å². The van der Waals surface area contributed by atoms with Crippen molar-refractivity contribution < 1.29 is 0 Å². The van der Waals surface area contributed by atoms with Gasteiger partial charge in [-0.25, -0.2) is 0 Å². The van der Waals surface area contributed by atoms with Crippen LogP contribution < -0.4 is 5.73 Å². The van der Waals surface area contributed by atoms with Gasteiger partial charge in [0.15, 0.2) is 0 Å². The number of nitrogens with zero attached hydrogens (tertiary/aromatic N) is 1. The Labute approximate surface area is 124 Å². The van der Waals surface area contributed by atoms with E-state index in [1.807, 2.05) is 26.0 Å². The van der Waals surface area contributed by atoms with Crippen LogP contribution in [0.15, 0.2) is 24.5 Å². The number of hydrogen-bond acceptors (Lipinski definition) is 2. The summed E-state index contributed by atoms with van der Waals surface area (Å²) < 4.78 is 0. The van der Waals surface area contributed by atoms with Gasteiger partial charge in [0.2, 0.25) is 0 Å². The van der Waals surface area contributed by atoms with Crippen LogP contribution in [0.25, 0.3) is 0 Å². The van der Waals surface area contributed by atoms with Gasteiger partial charge in [-0.05, 0) is 24.5 Å². The van der Waals surface area contributed by atoms with Gasteiger partial charge in [-0.1, -0.05) is 59.2 Å². The van der Waals surface area contributed by atoms with E-state index < -0.39 is 0 Å². The molecule has 0 atom stereocenters. The highest BCUT2D eigenvalue weighted by atomic mass is 79.9. The lowest BCUT2D eigenvalue weighted by molar-refractivity contribution is 0.919. The Balaban J connectivity index is -0.000000197. The number of halogens is 2. The number of rotatable bonds is 4. The van der Waals surface area contributed by atoms with Gasteiger partial charge in [0.05, 0.1) is 0 Å². The number of pyridine rings is 1. The van der Waals surface area contributed by atoms with Gasteiger partial charge in [-0.2, -0.15) is 0 Å². The van der Waals surface area contributed by atoms with E-state index in [4.69, 9.17) is 5.73 Å². The van der Waals surface area contributed by atoms with Gasteiger partial charge in [0.25, 0.3) is 0 Å². The Hall–Kier alpha value is 0.0700. The SMILES string of the molecule is BrCCCCBr.C.CC.NCc1cccnc1. The minimum absolute atomic E-state index is 0. The van der Waals surface area contributed by atoms with E-state index in [9.17, 15) is 0 Å². The van der Waals surface area contributed by atoms with Gasteiger partial charge in [0, 0.05) is 29.6 Å². The number of unbranched alkanes of at least 4 members (excludes halogenated alkanes) is 1. The molecule has 4 heteroatoms. The van der Waals surface area contributed by atoms with Crippen LogP contribution in [-0.4, -0.2) is 15.6 Å². The lowest BCUT2D eigenvalue weighted by Crippen LogP contribution is -1.95. The molecule has 0 saturated carbocycles. The summed E-state index contributed by atoms with van der Waals surface area (Å²) >= 11 is 6.66. The van der Waals surface area contributed by atoms with Crippen molar-refractivity contribution in [2.75, 3.05) is 10.7 Å². The smallest absolute Gasteiger partial charge is 0.0312 e. The molecule has 0 aliphatic carbocycles. The van der Waals surface area contributed by atoms with Gasteiger partial charge >= 0.3 is 0 Å². The van der Waals surface area contributed by atoms with Crippen LogP contribution in [0, 0.1) is 0 Å². The second-order valence-corrected chi connectivity index (χ2v) is 4.24.